The van der Waals surface area contributed by atoms with Gasteiger partial charge >= 0.3 is 35.5 Å². The number of carbonyl (C=O) groups excluding carboxylic acids is 2. The van der Waals surface area contributed by atoms with Crippen molar-refractivity contribution >= 4 is 110 Å². The first-order chi connectivity index (χ1) is 38.4. The average molecular weight is 1130 g/mol. The van der Waals surface area contributed by atoms with E-state index in [2.05, 4.69) is 87.1 Å². The molecule has 12 N–H and O–H groups in total. The number of H-pyrrole nitrogens is 3. The molecule has 1 saturated carbocycles. The fourth-order valence-electron chi connectivity index (χ4n) is 8.88. The van der Waals surface area contributed by atoms with Crippen molar-refractivity contribution in [2.75, 3.05) is 65.2 Å². The Morgan fingerprint density at radius 2 is 1.10 bits per heavy atom. The number of amides is 1. The van der Waals surface area contributed by atoms with Crippen molar-refractivity contribution < 1.29 is 82.7 Å². The molecule has 9 aromatic rings. The summed E-state index contributed by atoms with van der Waals surface area (Å²) in [7, 11) is 0. The van der Waals surface area contributed by atoms with Gasteiger partial charge < -0.3 is 80.0 Å². The summed E-state index contributed by atoms with van der Waals surface area (Å²) in [6.07, 6.45) is 12.7. The van der Waals surface area contributed by atoms with Crippen molar-refractivity contribution in [2.24, 2.45) is 0 Å². The SMILES string of the molecule is O=C(NC1CC1)c1cc(Nc2nc(N3CCC[C@H]3CO)nc3ccoc23)n[nH]1.O=C(O)c1cc(Nc2nc(N3CCC[C@H]3CO)nc3ccoc23)n[nH]1.O=C([O-])c1cc(Nc2nc(Cl)nc3ccoc23)n[nH]1.OC[C@@H]1CCCN1.[Na+]. The number of aromatic carboxylic acids is 2. The summed E-state index contributed by atoms with van der Waals surface area (Å²) in [6, 6.07) is 10.1. The third kappa shape index (κ3) is 13.5. The molecule has 32 heteroatoms. The smallest absolute Gasteiger partial charge is 0.543 e. The molecular weight excluding hydrogens is 1080 g/mol. The zero-order valence-corrected chi connectivity index (χ0v) is 45.6. The van der Waals surface area contributed by atoms with Gasteiger partial charge in [-0.3, -0.25) is 20.1 Å². The molecule has 0 spiro atoms. The molecule has 0 aromatic carbocycles. The minimum Gasteiger partial charge on any atom is -0.543 e. The minimum absolute atomic E-state index is 0. The molecule has 3 saturated heterocycles. The van der Waals surface area contributed by atoms with Crippen molar-refractivity contribution in [3.63, 3.8) is 0 Å². The van der Waals surface area contributed by atoms with Gasteiger partial charge in [0.15, 0.2) is 51.7 Å². The van der Waals surface area contributed by atoms with Crippen molar-refractivity contribution in [1.82, 2.24) is 71.1 Å². The Kier molecular flexibility index (Phi) is 18.4. The van der Waals surface area contributed by atoms with Gasteiger partial charge in [0, 0.05) is 61.6 Å². The first-order valence-electron chi connectivity index (χ1n) is 25.2. The number of nitrogens with zero attached hydrogens (tertiary/aromatic N) is 11. The molecule has 3 atom stereocenters. The molecule has 4 fully saturated rings. The van der Waals surface area contributed by atoms with Crippen molar-refractivity contribution in [3.8, 4) is 0 Å². The number of carboxylic acids is 2. The molecule has 3 aliphatic heterocycles. The van der Waals surface area contributed by atoms with Gasteiger partial charge in [-0.2, -0.15) is 30.2 Å². The van der Waals surface area contributed by atoms with Gasteiger partial charge in [-0.1, -0.05) is 0 Å². The van der Waals surface area contributed by atoms with Crippen LogP contribution < -0.4 is 71.0 Å². The standard InChI is InChI=1S/C18H21N7O3.C15H16N6O4.C10H6ClN5O3.C5H11NO.Na/c26-9-11-2-1-6-25(11)18-20-12-5-7-28-15(12)16(22-18)21-14-8-13(23-24-14)17(27)19-10-3-4-10;22-7-8-2-1-4-21(8)15-16-9-3-5-25-12(9)13(18-15)17-11-6-10(14(23)24)19-20-11;11-10-12-4-1-2-19-7(4)8(14-10)13-6-3-5(9(17)18)15-16-6;7-4-5-2-1-3-6-5;/h5,7-8,10-11,26H,1-4,6,9H2,(H,19,27)(H2,20,21,22,23,24);3,5-6,8,22H,1-2,4,7H2,(H,23,24)(H2,16,17,18,19,20);1-3H,(H,17,18)(H2,12,13,14,15,16);5-7H,1-4H2;/q;;;;+1/p-1/t11-;8-;;5-;/m00.0./s1. The summed E-state index contributed by atoms with van der Waals surface area (Å²) in [5, 5.41) is 81.5. The summed E-state index contributed by atoms with van der Waals surface area (Å²) >= 11 is 5.77. The van der Waals surface area contributed by atoms with Crippen LogP contribution in [0.4, 0.5) is 46.8 Å². The van der Waals surface area contributed by atoms with Crippen LogP contribution in [0.2, 0.25) is 5.28 Å². The molecule has 1 amide bonds. The van der Waals surface area contributed by atoms with Gasteiger partial charge in [-0.05, 0) is 69.5 Å². The largest absolute Gasteiger partial charge is 1.00 e. The Hall–Kier alpha value is -7.97. The number of carbonyl (C=O) groups is 3. The van der Waals surface area contributed by atoms with Crippen LogP contribution in [0.25, 0.3) is 33.3 Å². The summed E-state index contributed by atoms with van der Waals surface area (Å²) in [5.41, 5.74) is 3.35. The van der Waals surface area contributed by atoms with Gasteiger partial charge in [0.25, 0.3) is 5.91 Å². The molecule has 1 aliphatic carbocycles. The Morgan fingerprint density at radius 1 is 0.625 bits per heavy atom. The van der Waals surface area contributed by atoms with E-state index in [-0.39, 0.29) is 95.1 Å². The second kappa shape index (κ2) is 25.9. The number of hydrogen-bond donors (Lipinski definition) is 12. The molecule has 80 heavy (non-hydrogen) atoms. The second-order valence-corrected chi connectivity index (χ2v) is 18.9. The van der Waals surface area contributed by atoms with E-state index in [0.717, 1.165) is 64.6 Å². The Bertz CT molecular complexity index is 3550. The van der Waals surface area contributed by atoms with E-state index in [1.54, 1.807) is 30.5 Å². The fraction of sp³-hybridized carbons (Fsp3) is 0.375. The number of carboxylic acid groups (broad SMARTS) is 2. The van der Waals surface area contributed by atoms with E-state index in [9.17, 15) is 29.7 Å². The monoisotopic (exact) mass is 1130 g/mol. The third-order valence-corrected chi connectivity index (χ3v) is 13.2. The van der Waals surface area contributed by atoms with E-state index in [1.807, 2.05) is 9.80 Å². The number of aromatic amines is 3. The van der Waals surface area contributed by atoms with Crippen molar-refractivity contribution in [3.05, 3.63) is 77.6 Å². The Balaban J connectivity index is 0.000000138. The van der Waals surface area contributed by atoms with E-state index >= 15 is 0 Å². The van der Waals surface area contributed by atoms with E-state index in [0.29, 0.717) is 86.8 Å². The fourth-order valence-corrected chi connectivity index (χ4v) is 9.06. The number of aromatic nitrogens is 12. The maximum absolute atomic E-state index is 12.1. The van der Waals surface area contributed by atoms with Gasteiger partial charge in [-0.25, -0.2) is 19.7 Å². The van der Waals surface area contributed by atoms with Crippen LogP contribution in [0.1, 0.15) is 82.8 Å². The molecule has 0 unspecified atom stereocenters. The summed E-state index contributed by atoms with van der Waals surface area (Å²) in [5.74, 6) is 0.548. The zero-order chi connectivity index (χ0) is 55.0. The quantitative estimate of drug-likeness (QED) is 0.0486. The van der Waals surface area contributed by atoms with E-state index in [4.69, 9.17) is 35.1 Å². The van der Waals surface area contributed by atoms with Crippen LogP contribution in [-0.4, -0.2) is 162 Å². The molecule has 13 rings (SSSR count). The number of halogens is 1. The van der Waals surface area contributed by atoms with E-state index < -0.39 is 11.9 Å². The van der Waals surface area contributed by atoms with Crippen molar-refractivity contribution in [2.45, 2.75) is 75.5 Å². The zero-order valence-electron chi connectivity index (χ0n) is 42.8. The first-order valence-corrected chi connectivity index (χ1v) is 25.5. The summed E-state index contributed by atoms with van der Waals surface area (Å²) in [4.78, 5) is 63.8. The Labute approximate surface area is 479 Å². The first kappa shape index (κ1) is 56.7. The van der Waals surface area contributed by atoms with Crippen LogP contribution in [-0.2, 0) is 0 Å². The number of aliphatic hydroxyl groups is 3. The van der Waals surface area contributed by atoms with Crippen molar-refractivity contribution in [1.29, 1.82) is 0 Å². The molecule has 12 heterocycles. The predicted octanol–water partition coefficient (Wildman–Crippen LogP) is 0.333. The normalized spacial score (nSPS) is 17.5. The maximum atomic E-state index is 12.1. The van der Waals surface area contributed by atoms with Crippen LogP contribution in [0.3, 0.4) is 0 Å². The van der Waals surface area contributed by atoms with Crippen LogP contribution >= 0.6 is 11.6 Å². The van der Waals surface area contributed by atoms with Gasteiger partial charge in [0.1, 0.15) is 27.9 Å². The second-order valence-electron chi connectivity index (χ2n) is 18.5. The Morgan fingerprint density at radius 3 is 1.52 bits per heavy atom. The van der Waals surface area contributed by atoms with Crippen LogP contribution in [0, 0.1) is 0 Å². The average Bonchev–Trinajstić information content (AvgIpc) is 4.33. The molecule has 4 aliphatic rings. The molecule has 0 radical (unpaired) electrons. The molecule has 30 nitrogen and oxygen atoms in total. The number of nitrogens with one attached hydrogen (secondary N) is 8. The number of furan rings is 3. The molecule has 9 aromatic heterocycles. The molecule has 414 valence electrons. The number of rotatable bonds is 15. The number of anilines is 8. The number of hydrogen-bond acceptors (Lipinski definition) is 25. The van der Waals surface area contributed by atoms with Crippen LogP contribution in [0.15, 0.2) is 68.4 Å². The topological polar surface area (TPSA) is 425 Å². The predicted molar refractivity (Wildman–Crippen MR) is 281 cm³/mol. The molecular formula is C48H53ClN19NaO11. The van der Waals surface area contributed by atoms with Gasteiger partial charge in [-0.15, -0.1) is 0 Å². The van der Waals surface area contributed by atoms with E-state index in [1.165, 1.54) is 31.1 Å². The minimum atomic E-state index is -1.36. The number of fused-ring (bicyclic) bond motifs is 3. The summed E-state index contributed by atoms with van der Waals surface area (Å²) < 4.78 is 16.2. The third-order valence-electron chi connectivity index (χ3n) is 13.0. The van der Waals surface area contributed by atoms with Gasteiger partial charge in [0.2, 0.25) is 17.2 Å². The summed E-state index contributed by atoms with van der Waals surface area (Å²) in [6.45, 7) is 3.05. The maximum Gasteiger partial charge on any atom is 1.00 e. The number of aliphatic hydroxyl groups excluding tert-OH is 3. The van der Waals surface area contributed by atoms with Crippen LogP contribution in [0.5, 0.6) is 0 Å². The van der Waals surface area contributed by atoms with Gasteiger partial charge in [0.05, 0.1) is 62.4 Å². The molecule has 0 bridgehead atoms.